The molecule has 0 saturated heterocycles. The molecule has 0 aromatic heterocycles. The number of rotatable bonds is 7. The number of nitrogens with two attached hydrogens (primary N) is 1. The van der Waals surface area contributed by atoms with E-state index in [1.807, 2.05) is 38.1 Å². The molecule has 2 unspecified atom stereocenters. The van der Waals surface area contributed by atoms with Crippen LogP contribution in [0, 0.1) is 6.92 Å². The molecule has 0 fully saturated rings. The van der Waals surface area contributed by atoms with Crippen LogP contribution >= 0.6 is 0 Å². The maximum atomic E-state index is 12.0. The highest BCUT2D eigenvalue weighted by molar-refractivity contribution is 7.84. The highest BCUT2D eigenvalue weighted by Gasteiger charge is 2.12. The Kier molecular flexibility index (Phi) is 6.40. The summed E-state index contributed by atoms with van der Waals surface area (Å²) in [5.41, 5.74) is 7.89. The Hall–Kier alpha value is -0.710. The van der Waals surface area contributed by atoms with Gasteiger partial charge in [0, 0.05) is 29.7 Å². The highest BCUT2D eigenvalue weighted by atomic mass is 32.2. The van der Waals surface area contributed by atoms with Crippen molar-refractivity contribution in [1.82, 2.24) is 0 Å². The number of hydrogen-bond acceptors (Lipinski definition) is 3. The summed E-state index contributed by atoms with van der Waals surface area (Å²) in [5, 5.41) is 0. The molecule has 0 radical (unpaired) electrons. The lowest BCUT2D eigenvalue weighted by Crippen LogP contribution is -2.30. The van der Waals surface area contributed by atoms with Crippen molar-refractivity contribution in [2.45, 2.75) is 25.7 Å². The van der Waals surface area contributed by atoms with Crippen molar-refractivity contribution in [2.75, 3.05) is 18.9 Å². The van der Waals surface area contributed by atoms with E-state index in [9.17, 15) is 4.21 Å². The van der Waals surface area contributed by atoms with Gasteiger partial charge in [0.25, 0.3) is 0 Å². The van der Waals surface area contributed by atoms with Crippen LogP contribution in [0.25, 0.3) is 0 Å². The Morgan fingerprint density at radius 3 is 2.71 bits per heavy atom. The number of ether oxygens (including phenoxy) is 1. The Morgan fingerprint density at radius 1 is 1.41 bits per heavy atom. The second-order valence-corrected chi connectivity index (χ2v) is 5.49. The first-order valence-corrected chi connectivity index (χ1v) is 7.37. The quantitative estimate of drug-likeness (QED) is 0.805. The average Bonchev–Trinajstić information content (AvgIpc) is 2.31. The Labute approximate surface area is 106 Å². The lowest BCUT2D eigenvalue weighted by Gasteiger charge is -2.14. The lowest BCUT2D eigenvalue weighted by atomic mass is 10.1. The van der Waals surface area contributed by atoms with E-state index in [2.05, 4.69) is 0 Å². The van der Waals surface area contributed by atoms with Crippen molar-refractivity contribution in [1.29, 1.82) is 0 Å². The van der Waals surface area contributed by atoms with Crippen LogP contribution < -0.4 is 5.73 Å². The van der Waals surface area contributed by atoms with Gasteiger partial charge in [0.05, 0.1) is 11.9 Å². The molecule has 0 aliphatic carbocycles. The minimum Gasteiger partial charge on any atom is -0.376 e. The minimum atomic E-state index is -0.918. The molecule has 3 nitrogen and oxygen atoms in total. The zero-order valence-corrected chi connectivity index (χ0v) is 11.3. The van der Waals surface area contributed by atoms with Gasteiger partial charge in [0.1, 0.15) is 0 Å². The second kappa shape index (κ2) is 7.58. The van der Waals surface area contributed by atoms with E-state index in [-0.39, 0.29) is 6.10 Å². The SMILES string of the molecule is CCOC(CN)CS(=O)Cc1ccccc1C. The number of aryl methyl sites for hydroxylation is 1. The van der Waals surface area contributed by atoms with Crippen molar-refractivity contribution in [3.05, 3.63) is 35.4 Å². The third-order valence-electron chi connectivity index (χ3n) is 2.61. The van der Waals surface area contributed by atoms with E-state index in [1.54, 1.807) is 0 Å². The average molecular weight is 255 g/mol. The van der Waals surface area contributed by atoms with E-state index in [0.29, 0.717) is 24.7 Å². The van der Waals surface area contributed by atoms with Crippen molar-refractivity contribution in [3.8, 4) is 0 Å². The first-order valence-electron chi connectivity index (χ1n) is 5.88. The van der Waals surface area contributed by atoms with Crippen LogP contribution in [-0.2, 0) is 21.3 Å². The van der Waals surface area contributed by atoms with E-state index < -0.39 is 10.8 Å². The van der Waals surface area contributed by atoms with Gasteiger partial charge in [-0.25, -0.2) is 0 Å². The van der Waals surface area contributed by atoms with E-state index in [4.69, 9.17) is 10.5 Å². The van der Waals surface area contributed by atoms with Gasteiger partial charge in [-0.1, -0.05) is 24.3 Å². The van der Waals surface area contributed by atoms with Crippen LogP contribution in [0.2, 0.25) is 0 Å². The summed E-state index contributed by atoms with van der Waals surface area (Å²) in [6.45, 7) is 5.00. The topological polar surface area (TPSA) is 52.3 Å². The molecule has 4 heteroatoms. The molecule has 0 bridgehead atoms. The summed E-state index contributed by atoms with van der Waals surface area (Å²) in [5.74, 6) is 1.09. The first-order chi connectivity index (χ1) is 8.17. The second-order valence-electron chi connectivity index (χ2n) is 3.99. The zero-order valence-electron chi connectivity index (χ0n) is 10.5. The van der Waals surface area contributed by atoms with Crippen LogP contribution in [0.1, 0.15) is 18.1 Å². The molecule has 2 N–H and O–H groups in total. The van der Waals surface area contributed by atoms with Crippen molar-refractivity contribution in [3.63, 3.8) is 0 Å². The molecule has 17 heavy (non-hydrogen) atoms. The van der Waals surface area contributed by atoms with Gasteiger partial charge >= 0.3 is 0 Å². The smallest absolute Gasteiger partial charge is 0.0812 e. The van der Waals surface area contributed by atoms with Gasteiger partial charge in [-0.15, -0.1) is 0 Å². The number of hydrogen-bond donors (Lipinski definition) is 1. The summed E-state index contributed by atoms with van der Waals surface area (Å²) in [6.07, 6.45) is -0.0927. The predicted octanol–water partition coefficient (Wildman–Crippen LogP) is 1.61. The fourth-order valence-electron chi connectivity index (χ4n) is 1.63. The minimum absolute atomic E-state index is 0.0927. The van der Waals surface area contributed by atoms with Gasteiger partial charge in [-0.2, -0.15) is 0 Å². The fourth-order valence-corrected chi connectivity index (χ4v) is 3.07. The van der Waals surface area contributed by atoms with Gasteiger partial charge < -0.3 is 10.5 Å². The first kappa shape index (κ1) is 14.4. The van der Waals surface area contributed by atoms with Crippen molar-refractivity contribution in [2.24, 2.45) is 5.73 Å². The predicted molar refractivity (Wildman–Crippen MR) is 72.4 cm³/mol. The molecule has 0 aliphatic heterocycles. The molecule has 0 aliphatic rings. The fraction of sp³-hybridized carbons (Fsp3) is 0.538. The van der Waals surface area contributed by atoms with E-state index >= 15 is 0 Å². The lowest BCUT2D eigenvalue weighted by molar-refractivity contribution is 0.0852. The Bertz CT molecular complexity index is 368. The van der Waals surface area contributed by atoms with Gasteiger partial charge in [-0.05, 0) is 25.0 Å². The van der Waals surface area contributed by atoms with Crippen molar-refractivity contribution >= 4 is 10.8 Å². The molecule has 1 aromatic carbocycles. The standard InChI is InChI=1S/C13H21NO2S/c1-3-16-13(8-14)10-17(15)9-12-7-5-4-6-11(12)2/h4-7,13H,3,8-10,14H2,1-2H3. The molecule has 0 saturated carbocycles. The van der Waals surface area contributed by atoms with E-state index in [1.165, 1.54) is 5.56 Å². The maximum absolute atomic E-state index is 12.0. The molecule has 1 aromatic rings. The third-order valence-corrected chi connectivity index (χ3v) is 3.99. The molecule has 96 valence electrons. The largest absolute Gasteiger partial charge is 0.376 e. The molecule has 1 rings (SSSR count). The van der Waals surface area contributed by atoms with Crippen LogP contribution in [0.15, 0.2) is 24.3 Å². The molecule has 0 heterocycles. The van der Waals surface area contributed by atoms with Gasteiger partial charge in [-0.3, -0.25) is 4.21 Å². The molecule has 2 atom stereocenters. The van der Waals surface area contributed by atoms with Crippen LogP contribution in [0.5, 0.6) is 0 Å². The third kappa shape index (κ3) is 4.98. The molecular weight excluding hydrogens is 234 g/mol. The summed E-state index contributed by atoms with van der Waals surface area (Å²) >= 11 is 0. The zero-order chi connectivity index (χ0) is 12.7. The van der Waals surface area contributed by atoms with Crippen LogP contribution in [0.4, 0.5) is 0 Å². The van der Waals surface area contributed by atoms with E-state index in [0.717, 1.165) is 5.56 Å². The Morgan fingerprint density at radius 2 is 2.12 bits per heavy atom. The summed E-state index contributed by atoms with van der Waals surface area (Å²) in [4.78, 5) is 0. The van der Waals surface area contributed by atoms with Gasteiger partial charge in [0.2, 0.25) is 0 Å². The van der Waals surface area contributed by atoms with Gasteiger partial charge in [0.15, 0.2) is 0 Å². The Balaban J connectivity index is 2.52. The monoisotopic (exact) mass is 255 g/mol. The van der Waals surface area contributed by atoms with Crippen molar-refractivity contribution < 1.29 is 8.95 Å². The summed E-state index contributed by atoms with van der Waals surface area (Å²) in [7, 11) is -0.918. The number of benzene rings is 1. The summed E-state index contributed by atoms with van der Waals surface area (Å²) in [6, 6.07) is 8.02. The highest BCUT2D eigenvalue weighted by Crippen LogP contribution is 2.10. The molecular formula is C13H21NO2S. The van der Waals surface area contributed by atoms with Crippen LogP contribution in [0.3, 0.4) is 0 Å². The summed E-state index contributed by atoms with van der Waals surface area (Å²) < 4.78 is 17.4. The molecule has 0 amide bonds. The van der Waals surface area contributed by atoms with Crippen LogP contribution in [-0.4, -0.2) is 29.2 Å². The molecule has 0 spiro atoms. The maximum Gasteiger partial charge on any atom is 0.0812 e. The normalized spacial score (nSPS) is 14.5.